The van der Waals surface area contributed by atoms with E-state index < -0.39 is 17.9 Å². The van der Waals surface area contributed by atoms with Crippen molar-refractivity contribution in [3.63, 3.8) is 0 Å². The van der Waals surface area contributed by atoms with Crippen molar-refractivity contribution in [2.75, 3.05) is 13.1 Å². The number of nitrogens with zero attached hydrogens (tertiary/aromatic N) is 2. The predicted molar refractivity (Wildman–Crippen MR) is 119 cm³/mol. The lowest BCUT2D eigenvalue weighted by Crippen LogP contribution is -2.38. The van der Waals surface area contributed by atoms with Crippen LogP contribution in [0.15, 0.2) is 30.5 Å². The molecule has 10 heteroatoms. The fourth-order valence-electron chi connectivity index (χ4n) is 5.18. The lowest BCUT2D eigenvalue weighted by atomic mass is 9.86. The number of pyridine rings is 1. The topological polar surface area (TPSA) is 75.3 Å². The Morgan fingerprint density at radius 3 is 2.51 bits per heavy atom. The maximum atomic E-state index is 15.1. The SMILES string of the molecule is O=C1CCCc2[nH]c3ncc(F)c(C4CCN(C(=O)c5ccc(OC(F)(F)F)cc5)CC4)c3c2C1. The van der Waals surface area contributed by atoms with E-state index in [0.717, 1.165) is 36.2 Å². The third-order valence-corrected chi connectivity index (χ3v) is 6.79. The number of nitrogens with one attached hydrogen (secondary N) is 1. The summed E-state index contributed by atoms with van der Waals surface area (Å²) >= 11 is 0. The van der Waals surface area contributed by atoms with Crippen molar-refractivity contribution >= 4 is 22.7 Å². The normalized spacial score (nSPS) is 17.4. The number of H-pyrrole nitrogens is 1. The van der Waals surface area contributed by atoms with Gasteiger partial charge in [-0.1, -0.05) is 0 Å². The van der Waals surface area contributed by atoms with Crippen LogP contribution in [0.4, 0.5) is 17.6 Å². The van der Waals surface area contributed by atoms with E-state index in [2.05, 4.69) is 14.7 Å². The number of halogens is 4. The number of aryl methyl sites for hydroxylation is 1. The van der Waals surface area contributed by atoms with Crippen molar-refractivity contribution in [2.45, 2.75) is 50.8 Å². The number of amides is 1. The second kappa shape index (κ2) is 8.98. The third kappa shape index (κ3) is 4.74. The molecule has 3 heterocycles. The van der Waals surface area contributed by atoms with Crippen molar-refractivity contribution in [1.82, 2.24) is 14.9 Å². The molecule has 0 saturated carbocycles. The van der Waals surface area contributed by atoms with Crippen molar-refractivity contribution in [1.29, 1.82) is 0 Å². The number of piperidine rings is 1. The molecule has 1 aliphatic carbocycles. The Bertz CT molecular complexity index is 1280. The molecule has 0 unspecified atom stereocenters. The van der Waals surface area contributed by atoms with Gasteiger partial charge in [0.05, 0.1) is 6.20 Å². The van der Waals surface area contributed by atoms with Gasteiger partial charge >= 0.3 is 6.36 Å². The van der Waals surface area contributed by atoms with Gasteiger partial charge in [-0.15, -0.1) is 13.2 Å². The predicted octanol–water partition coefficient (Wildman–Crippen LogP) is 5.07. The summed E-state index contributed by atoms with van der Waals surface area (Å²) in [5, 5.41) is 0.695. The van der Waals surface area contributed by atoms with Crippen molar-refractivity contribution in [2.24, 2.45) is 0 Å². The summed E-state index contributed by atoms with van der Waals surface area (Å²) < 4.78 is 56.0. The van der Waals surface area contributed by atoms with Crippen molar-refractivity contribution in [3.8, 4) is 5.75 Å². The Morgan fingerprint density at radius 1 is 1.11 bits per heavy atom. The van der Waals surface area contributed by atoms with Crippen LogP contribution in [0.5, 0.6) is 5.75 Å². The minimum Gasteiger partial charge on any atom is -0.406 e. The highest BCUT2D eigenvalue weighted by molar-refractivity contribution is 5.95. The largest absolute Gasteiger partial charge is 0.573 e. The lowest BCUT2D eigenvalue weighted by Gasteiger charge is -2.33. The van der Waals surface area contributed by atoms with E-state index in [9.17, 15) is 22.8 Å². The molecule has 1 saturated heterocycles. The van der Waals surface area contributed by atoms with Gasteiger partial charge in [-0.3, -0.25) is 9.59 Å². The number of ketones is 1. The van der Waals surface area contributed by atoms with Crippen molar-refractivity contribution < 1.29 is 31.9 Å². The number of Topliss-reactive ketones (excluding diaryl/α,β-unsaturated/α-hetero) is 1. The van der Waals surface area contributed by atoms with Gasteiger partial charge in [0.1, 0.15) is 23.0 Å². The van der Waals surface area contributed by atoms with Gasteiger partial charge < -0.3 is 14.6 Å². The van der Waals surface area contributed by atoms with Gasteiger partial charge in [0.15, 0.2) is 0 Å². The average molecular weight is 489 g/mol. The van der Waals surface area contributed by atoms with E-state index in [1.54, 1.807) is 4.90 Å². The first-order valence-electron chi connectivity index (χ1n) is 11.5. The van der Waals surface area contributed by atoms with Crippen LogP contribution in [0.1, 0.15) is 58.8 Å². The Labute approximate surface area is 198 Å². The standard InChI is InChI=1S/C25H23F4N3O3/c26-19-13-30-23-22(18-12-16(33)2-1-3-20(18)31-23)21(19)14-8-10-32(11-9-14)24(34)15-4-6-17(7-5-15)35-25(27,28)29/h4-7,13-14H,1-3,8-12H2,(H,30,31). The molecule has 1 N–H and O–H groups in total. The molecule has 1 aromatic carbocycles. The Balaban J connectivity index is 1.34. The maximum absolute atomic E-state index is 15.1. The van der Waals surface area contributed by atoms with Crippen LogP contribution in [0.25, 0.3) is 11.0 Å². The number of ether oxygens (including phenoxy) is 1. The molecule has 6 nitrogen and oxygen atoms in total. The molecule has 2 aromatic heterocycles. The summed E-state index contributed by atoms with van der Waals surface area (Å²) in [6.45, 7) is 0.748. The Hall–Kier alpha value is -3.43. The number of aromatic nitrogens is 2. The van der Waals surface area contributed by atoms with E-state index in [-0.39, 0.29) is 29.6 Å². The molecular formula is C25H23F4N3O3. The molecule has 0 spiro atoms. The number of alkyl halides is 3. The molecule has 5 rings (SSSR count). The number of hydrogen-bond acceptors (Lipinski definition) is 4. The lowest BCUT2D eigenvalue weighted by molar-refractivity contribution is -0.274. The van der Waals surface area contributed by atoms with E-state index in [4.69, 9.17) is 0 Å². The van der Waals surface area contributed by atoms with E-state index in [0.29, 0.717) is 48.9 Å². The highest BCUT2D eigenvalue weighted by Gasteiger charge is 2.32. The smallest absolute Gasteiger partial charge is 0.406 e. The number of fused-ring (bicyclic) bond motifs is 3. The Morgan fingerprint density at radius 2 is 1.83 bits per heavy atom. The van der Waals surface area contributed by atoms with Crippen LogP contribution in [-0.4, -0.2) is 46.0 Å². The first-order valence-corrected chi connectivity index (χ1v) is 11.5. The molecule has 0 atom stereocenters. The highest BCUT2D eigenvalue weighted by atomic mass is 19.4. The number of aromatic amines is 1. The summed E-state index contributed by atoms with van der Waals surface area (Å²) in [5.41, 5.74) is 3.16. The molecular weight excluding hydrogens is 466 g/mol. The maximum Gasteiger partial charge on any atom is 0.573 e. The molecule has 1 fully saturated rings. The van der Waals surface area contributed by atoms with E-state index >= 15 is 4.39 Å². The summed E-state index contributed by atoms with van der Waals surface area (Å²) in [6, 6.07) is 4.81. The van der Waals surface area contributed by atoms with Gasteiger partial charge in [-0.2, -0.15) is 0 Å². The number of hydrogen-bond donors (Lipinski definition) is 1. The number of likely N-dealkylation sites (tertiary alicyclic amines) is 1. The second-order valence-electron chi connectivity index (χ2n) is 9.03. The van der Waals surface area contributed by atoms with Gasteiger partial charge in [0, 0.05) is 48.1 Å². The van der Waals surface area contributed by atoms with Gasteiger partial charge in [-0.05, 0) is 61.4 Å². The molecule has 0 bridgehead atoms. The molecule has 1 amide bonds. The molecule has 2 aliphatic rings. The zero-order valence-electron chi connectivity index (χ0n) is 18.8. The molecule has 1 aliphatic heterocycles. The quantitative estimate of drug-likeness (QED) is 0.412. The summed E-state index contributed by atoms with van der Waals surface area (Å²) in [6.07, 6.45) is -0.317. The van der Waals surface area contributed by atoms with Crippen LogP contribution >= 0.6 is 0 Å². The minimum absolute atomic E-state index is 0.131. The number of carbonyl (C=O) groups is 2. The fraction of sp³-hybridized carbons (Fsp3) is 0.400. The second-order valence-corrected chi connectivity index (χ2v) is 9.03. The molecule has 0 radical (unpaired) electrons. The first-order chi connectivity index (χ1) is 16.7. The summed E-state index contributed by atoms with van der Waals surface area (Å²) in [4.78, 5) is 34.3. The number of benzene rings is 1. The van der Waals surface area contributed by atoms with Crippen LogP contribution in [-0.2, 0) is 17.6 Å². The van der Waals surface area contributed by atoms with Gasteiger partial charge in [-0.25, -0.2) is 9.37 Å². The van der Waals surface area contributed by atoms with Crippen LogP contribution in [0, 0.1) is 5.82 Å². The monoisotopic (exact) mass is 489 g/mol. The molecule has 35 heavy (non-hydrogen) atoms. The van der Waals surface area contributed by atoms with Crippen LogP contribution in [0.2, 0.25) is 0 Å². The van der Waals surface area contributed by atoms with E-state index in [1.807, 2.05) is 0 Å². The average Bonchev–Trinajstić information content (AvgIpc) is 3.04. The zero-order chi connectivity index (χ0) is 24.7. The van der Waals surface area contributed by atoms with Gasteiger partial charge in [0.25, 0.3) is 5.91 Å². The van der Waals surface area contributed by atoms with Gasteiger partial charge in [0.2, 0.25) is 0 Å². The molecule has 184 valence electrons. The Kier molecular flexibility index (Phi) is 5.98. The summed E-state index contributed by atoms with van der Waals surface area (Å²) in [7, 11) is 0. The minimum atomic E-state index is -4.80. The fourth-order valence-corrected chi connectivity index (χ4v) is 5.18. The summed E-state index contributed by atoms with van der Waals surface area (Å²) in [5.74, 6) is -1.13. The molecule has 3 aromatic rings. The first kappa shape index (κ1) is 23.3. The number of carbonyl (C=O) groups excluding carboxylic acids is 2. The van der Waals surface area contributed by atoms with E-state index in [1.165, 1.54) is 18.3 Å². The zero-order valence-corrected chi connectivity index (χ0v) is 18.8. The van der Waals surface area contributed by atoms with Crippen LogP contribution in [0.3, 0.4) is 0 Å². The number of rotatable bonds is 3. The third-order valence-electron chi connectivity index (χ3n) is 6.79. The highest BCUT2D eigenvalue weighted by Crippen LogP contribution is 2.38. The van der Waals surface area contributed by atoms with Crippen molar-refractivity contribution in [3.05, 3.63) is 58.7 Å². The van der Waals surface area contributed by atoms with Crippen LogP contribution < -0.4 is 4.74 Å².